The standard InChI is InChI=1S/C11H11BrN2O3/c12-8-4-5-10(14(16)17)9(6-8)13-11(15)7-2-1-3-7/h4-7H,1-3H2,(H,13,15). The summed E-state index contributed by atoms with van der Waals surface area (Å²) in [5, 5.41) is 13.4. The molecule has 2 rings (SSSR count). The molecule has 0 bridgehead atoms. The van der Waals surface area contributed by atoms with Crippen LogP contribution in [0.2, 0.25) is 0 Å². The van der Waals surface area contributed by atoms with Crippen LogP contribution in [0, 0.1) is 16.0 Å². The normalized spacial score (nSPS) is 15.1. The first-order chi connectivity index (χ1) is 8.08. The molecule has 1 aromatic rings. The van der Waals surface area contributed by atoms with Crippen LogP contribution in [-0.4, -0.2) is 10.8 Å². The predicted molar refractivity (Wildman–Crippen MR) is 66.8 cm³/mol. The summed E-state index contributed by atoms with van der Waals surface area (Å²) in [6.07, 6.45) is 2.79. The molecule has 0 atom stereocenters. The van der Waals surface area contributed by atoms with Crippen LogP contribution in [0.5, 0.6) is 0 Å². The summed E-state index contributed by atoms with van der Waals surface area (Å²) in [6.45, 7) is 0. The van der Waals surface area contributed by atoms with Gasteiger partial charge in [0.1, 0.15) is 5.69 Å². The van der Waals surface area contributed by atoms with E-state index in [2.05, 4.69) is 21.2 Å². The van der Waals surface area contributed by atoms with Crippen molar-refractivity contribution in [3.05, 3.63) is 32.8 Å². The van der Waals surface area contributed by atoms with Crippen molar-refractivity contribution in [2.24, 2.45) is 5.92 Å². The number of carbonyl (C=O) groups is 1. The maximum absolute atomic E-state index is 11.7. The molecule has 0 saturated heterocycles. The molecule has 1 aromatic carbocycles. The quantitative estimate of drug-likeness (QED) is 0.688. The first kappa shape index (κ1) is 12.0. The Morgan fingerprint density at radius 3 is 2.71 bits per heavy atom. The number of benzene rings is 1. The molecule has 0 aromatic heterocycles. The molecule has 0 radical (unpaired) electrons. The number of nitro groups is 1. The lowest BCUT2D eigenvalue weighted by Crippen LogP contribution is -2.28. The van der Waals surface area contributed by atoms with Gasteiger partial charge < -0.3 is 5.32 Å². The minimum atomic E-state index is -0.497. The summed E-state index contributed by atoms with van der Waals surface area (Å²) in [6, 6.07) is 4.51. The van der Waals surface area contributed by atoms with Crippen LogP contribution in [0.1, 0.15) is 19.3 Å². The van der Waals surface area contributed by atoms with E-state index in [1.807, 2.05) is 0 Å². The van der Waals surface area contributed by atoms with E-state index in [0.717, 1.165) is 19.3 Å². The van der Waals surface area contributed by atoms with Gasteiger partial charge in [-0.1, -0.05) is 22.4 Å². The fraction of sp³-hybridized carbons (Fsp3) is 0.364. The number of anilines is 1. The molecule has 0 unspecified atom stereocenters. The van der Waals surface area contributed by atoms with E-state index in [4.69, 9.17) is 0 Å². The van der Waals surface area contributed by atoms with Crippen LogP contribution in [-0.2, 0) is 4.79 Å². The lowest BCUT2D eigenvalue weighted by atomic mass is 9.85. The van der Waals surface area contributed by atoms with Gasteiger partial charge in [0.05, 0.1) is 4.92 Å². The molecule has 1 N–H and O–H groups in total. The highest BCUT2D eigenvalue weighted by molar-refractivity contribution is 9.10. The molecule has 0 heterocycles. The maximum atomic E-state index is 11.7. The number of amides is 1. The Morgan fingerprint density at radius 2 is 2.18 bits per heavy atom. The number of carbonyl (C=O) groups excluding carboxylic acids is 1. The van der Waals surface area contributed by atoms with Crippen LogP contribution in [0.4, 0.5) is 11.4 Å². The minimum absolute atomic E-state index is 0.00795. The third-order valence-corrected chi connectivity index (χ3v) is 3.38. The van der Waals surface area contributed by atoms with Gasteiger partial charge in [0.25, 0.3) is 5.69 Å². The summed E-state index contributed by atoms with van der Waals surface area (Å²) >= 11 is 3.23. The van der Waals surface area contributed by atoms with E-state index in [0.29, 0.717) is 4.47 Å². The monoisotopic (exact) mass is 298 g/mol. The number of rotatable bonds is 3. The average molecular weight is 299 g/mol. The minimum Gasteiger partial charge on any atom is -0.320 e. The Balaban J connectivity index is 2.20. The molecule has 1 aliphatic carbocycles. The number of hydrogen-bond donors (Lipinski definition) is 1. The summed E-state index contributed by atoms with van der Waals surface area (Å²) in [5.41, 5.74) is 0.169. The summed E-state index contributed by atoms with van der Waals surface area (Å²) < 4.78 is 0.701. The highest BCUT2D eigenvalue weighted by Crippen LogP contribution is 2.31. The Morgan fingerprint density at radius 1 is 1.47 bits per heavy atom. The van der Waals surface area contributed by atoms with Gasteiger partial charge >= 0.3 is 0 Å². The van der Waals surface area contributed by atoms with E-state index < -0.39 is 4.92 Å². The number of nitrogens with one attached hydrogen (secondary N) is 1. The number of nitrogens with zero attached hydrogens (tertiary/aromatic N) is 1. The lowest BCUT2D eigenvalue weighted by Gasteiger charge is -2.23. The van der Waals surface area contributed by atoms with E-state index >= 15 is 0 Å². The summed E-state index contributed by atoms with van der Waals surface area (Å²) in [5.74, 6) is -0.119. The van der Waals surface area contributed by atoms with Gasteiger partial charge in [-0.25, -0.2) is 0 Å². The second-order valence-corrected chi connectivity index (χ2v) is 4.95. The first-order valence-electron chi connectivity index (χ1n) is 5.33. The molecule has 1 fully saturated rings. The molecule has 0 aliphatic heterocycles. The molecule has 1 amide bonds. The zero-order valence-corrected chi connectivity index (χ0v) is 10.6. The highest BCUT2D eigenvalue weighted by Gasteiger charge is 2.27. The van der Waals surface area contributed by atoms with Crippen LogP contribution in [0.25, 0.3) is 0 Å². The Kier molecular flexibility index (Phi) is 3.42. The summed E-state index contributed by atoms with van der Waals surface area (Å²) in [7, 11) is 0. The molecule has 17 heavy (non-hydrogen) atoms. The van der Waals surface area contributed by atoms with Crippen LogP contribution >= 0.6 is 15.9 Å². The topological polar surface area (TPSA) is 72.2 Å². The van der Waals surface area contributed by atoms with Crippen LogP contribution in [0.15, 0.2) is 22.7 Å². The van der Waals surface area contributed by atoms with Gasteiger partial charge in [-0.3, -0.25) is 14.9 Å². The van der Waals surface area contributed by atoms with E-state index in [1.165, 1.54) is 6.07 Å². The Hall–Kier alpha value is -1.43. The molecule has 5 nitrogen and oxygen atoms in total. The van der Waals surface area contributed by atoms with E-state index in [9.17, 15) is 14.9 Å². The summed E-state index contributed by atoms with van der Waals surface area (Å²) in [4.78, 5) is 22.0. The van der Waals surface area contributed by atoms with Gasteiger partial charge in [-0.15, -0.1) is 0 Å². The first-order valence-corrected chi connectivity index (χ1v) is 6.12. The van der Waals surface area contributed by atoms with Gasteiger partial charge in [-0.05, 0) is 25.0 Å². The fourth-order valence-corrected chi connectivity index (χ4v) is 2.03. The largest absolute Gasteiger partial charge is 0.320 e. The Bertz CT molecular complexity index is 472. The zero-order valence-electron chi connectivity index (χ0n) is 8.98. The third-order valence-electron chi connectivity index (χ3n) is 2.89. The predicted octanol–water partition coefficient (Wildman–Crippen LogP) is 3.10. The van der Waals surface area contributed by atoms with E-state index in [-0.39, 0.29) is 23.2 Å². The molecular weight excluding hydrogens is 288 g/mol. The van der Waals surface area contributed by atoms with Crippen LogP contribution < -0.4 is 5.32 Å². The fourth-order valence-electron chi connectivity index (χ4n) is 1.67. The lowest BCUT2D eigenvalue weighted by molar-refractivity contribution is -0.383. The van der Waals surface area contributed by atoms with Crippen molar-refractivity contribution in [3.8, 4) is 0 Å². The van der Waals surface area contributed by atoms with Gasteiger partial charge in [0.15, 0.2) is 0 Å². The Labute approximate surface area is 106 Å². The van der Waals surface area contributed by atoms with E-state index in [1.54, 1.807) is 12.1 Å². The second-order valence-electron chi connectivity index (χ2n) is 4.04. The molecular formula is C11H11BrN2O3. The van der Waals surface area contributed by atoms with Crippen LogP contribution in [0.3, 0.4) is 0 Å². The number of hydrogen-bond acceptors (Lipinski definition) is 3. The molecule has 90 valence electrons. The zero-order chi connectivity index (χ0) is 12.4. The van der Waals surface area contributed by atoms with Crippen molar-refractivity contribution >= 4 is 33.2 Å². The molecule has 1 saturated carbocycles. The second kappa shape index (κ2) is 4.83. The number of halogens is 1. The smallest absolute Gasteiger partial charge is 0.292 e. The van der Waals surface area contributed by atoms with Crippen molar-refractivity contribution in [2.45, 2.75) is 19.3 Å². The molecule has 0 spiro atoms. The molecule has 6 heteroatoms. The van der Waals surface area contributed by atoms with Gasteiger partial charge in [0, 0.05) is 16.5 Å². The van der Waals surface area contributed by atoms with Gasteiger partial charge in [-0.2, -0.15) is 0 Å². The van der Waals surface area contributed by atoms with Crippen molar-refractivity contribution in [1.29, 1.82) is 0 Å². The van der Waals surface area contributed by atoms with Crippen molar-refractivity contribution in [2.75, 3.05) is 5.32 Å². The SMILES string of the molecule is O=C(Nc1cc(Br)ccc1[N+](=O)[O-])C1CCC1. The highest BCUT2D eigenvalue weighted by atomic mass is 79.9. The third kappa shape index (κ3) is 2.63. The van der Waals surface area contributed by atoms with Gasteiger partial charge in [0.2, 0.25) is 5.91 Å². The molecule has 1 aliphatic rings. The van der Waals surface area contributed by atoms with Crippen molar-refractivity contribution < 1.29 is 9.72 Å². The van der Waals surface area contributed by atoms with Crippen molar-refractivity contribution in [3.63, 3.8) is 0 Å². The van der Waals surface area contributed by atoms with Crippen molar-refractivity contribution in [1.82, 2.24) is 0 Å². The number of nitro benzene ring substituents is 1. The average Bonchev–Trinajstić information content (AvgIpc) is 2.13. The maximum Gasteiger partial charge on any atom is 0.292 e.